The van der Waals surface area contributed by atoms with Crippen molar-refractivity contribution in [3.63, 3.8) is 0 Å². The minimum atomic E-state index is 0.00964. The molecular formula is C23H21N3. The number of aromatic nitrogens is 2. The van der Waals surface area contributed by atoms with E-state index in [-0.39, 0.29) is 6.04 Å². The molecule has 0 aliphatic heterocycles. The molecule has 3 heteroatoms. The van der Waals surface area contributed by atoms with Crippen molar-refractivity contribution in [3.05, 3.63) is 95.5 Å². The fraction of sp³-hybridized carbons (Fsp3) is 0.130. The molecule has 26 heavy (non-hydrogen) atoms. The third-order valence-electron chi connectivity index (χ3n) is 4.88. The normalized spacial score (nSPS) is 12.2. The minimum Gasteiger partial charge on any atom is -0.303 e. The number of nitrogens with one attached hydrogen (secondary N) is 1. The Balaban J connectivity index is 2.07. The van der Waals surface area contributed by atoms with Crippen molar-refractivity contribution in [2.45, 2.75) is 19.9 Å². The summed E-state index contributed by atoms with van der Waals surface area (Å²) in [5.41, 5.74) is 4.63. The standard InChI is InChI=1S/C23H21N3/c1-16-10-9-15-20-21(16)22(24)26(17(2)18-11-5-3-6-12-18)23(25-20)19-13-7-4-8-14-19/h3-15,17,24H,1-2H3/t17-/m1/s1. The van der Waals surface area contributed by atoms with E-state index in [9.17, 15) is 0 Å². The van der Waals surface area contributed by atoms with Gasteiger partial charge in [-0.15, -0.1) is 0 Å². The van der Waals surface area contributed by atoms with Crippen LogP contribution in [0.5, 0.6) is 0 Å². The second-order valence-corrected chi connectivity index (χ2v) is 6.58. The number of hydrogen-bond donors (Lipinski definition) is 1. The molecule has 4 rings (SSSR count). The topological polar surface area (TPSA) is 41.7 Å². The minimum absolute atomic E-state index is 0.00964. The van der Waals surface area contributed by atoms with Gasteiger partial charge in [0.1, 0.15) is 11.3 Å². The summed E-state index contributed by atoms with van der Waals surface area (Å²) >= 11 is 0. The highest BCUT2D eigenvalue weighted by Crippen LogP contribution is 2.26. The van der Waals surface area contributed by atoms with Gasteiger partial charge in [0, 0.05) is 10.9 Å². The van der Waals surface area contributed by atoms with Gasteiger partial charge < -0.3 is 4.57 Å². The Morgan fingerprint density at radius 2 is 1.50 bits per heavy atom. The molecule has 0 unspecified atom stereocenters. The van der Waals surface area contributed by atoms with Crippen LogP contribution in [0.15, 0.2) is 78.9 Å². The van der Waals surface area contributed by atoms with Gasteiger partial charge in [-0.3, -0.25) is 5.41 Å². The lowest BCUT2D eigenvalue weighted by Gasteiger charge is -2.22. The van der Waals surface area contributed by atoms with E-state index >= 15 is 0 Å². The van der Waals surface area contributed by atoms with Crippen molar-refractivity contribution in [1.29, 1.82) is 5.41 Å². The first-order valence-corrected chi connectivity index (χ1v) is 8.83. The summed E-state index contributed by atoms with van der Waals surface area (Å²) in [6, 6.07) is 26.5. The van der Waals surface area contributed by atoms with Gasteiger partial charge in [-0.1, -0.05) is 72.8 Å². The molecule has 0 bridgehead atoms. The molecule has 0 amide bonds. The second-order valence-electron chi connectivity index (χ2n) is 6.58. The van der Waals surface area contributed by atoms with E-state index < -0.39 is 0 Å². The van der Waals surface area contributed by atoms with Crippen molar-refractivity contribution in [1.82, 2.24) is 9.55 Å². The van der Waals surface area contributed by atoms with Gasteiger partial charge in [-0.25, -0.2) is 4.98 Å². The summed E-state index contributed by atoms with van der Waals surface area (Å²) in [5.74, 6) is 0.824. The van der Waals surface area contributed by atoms with Gasteiger partial charge >= 0.3 is 0 Å². The smallest absolute Gasteiger partial charge is 0.142 e. The molecule has 0 saturated carbocycles. The van der Waals surface area contributed by atoms with Gasteiger partial charge in [0.05, 0.1) is 11.6 Å². The van der Waals surface area contributed by atoms with Crippen LogP contribution in [0.3, 0.4) is 0 Å². The van der Waals surface area contributed by atoms with Crippen LogP contribution < -0.4 is 5.49 Å². The van der Waals surface area contributed by atoms with Crippen molar-refractivity contribution in [2.75, 3.05) is 0 Å². The molecule has 4 aromatic rings. The van der Waals surface area contributed by atoms with Crippen molar-refractivity contribution < 1.29 is 0 Å². The zero-order valence-electron chi connectivity index (χ0n) is 15.0. The number of aryl methyl sites for hydroxylation is 1. The predicted octanol–water partition coefficient (Wildman–Crippen LogP) is 5.10. The average Bonchev–Trinajstić information content (AvgIpc) is 2.68. The molecule has 3 nitrogen and oxygen atoms in total. The maximum Gasteiger partial charge on any atom is 0.142 e. The lowest BCUT2D eigenvalue weighted by Crippen LogP contribution is -2.27. The molecule has 1 aromatic heterocycles. The first kappa shape index (κ1) is 16.3. The Hall–Kier alpha value is -3.20. The first-order valence-electron chi connectivity index (χ1n) is 8.83. The number of fused-ring (bicyclic) bond motifs is 1. The van der Waals surface area contributed by atoms with E-state index in [1.165, 1.54) is 0 Å². The Morgan fingerprint density at radius 1 is 0.846 bits per heavy atom. The van der Waals surface area contributed by atoms with E-state index in [1.807, 2.05) is 66.1 Å². The maximum atomic E-state index is 8.97. The average molecular weight is 339 g/mol. The number of benzene rings is 3. The molecule has 1 atom stereocenters. The Morgan fingerprint density at radius 3 is 2.19 bits per heavy atom. The summed E-state index contributed by atoms with van der Waals surface area (Å²) in [7, 11) is 0. The SMILES string of the molecule is Cc1cccc2nc(-c3ccccc3)n([C@H](C)c3ccccc3)c(=N)c12. The molecule has 0 spiro atoms. The summed E-state index contributed by atoms with van der Waals surface area (Å²) in [6.07, 6.45) is 0. The van der Waals surface area contributed by atoms with Crippen LogP contribution in [-0.2, 0) is 0 Å². The predicted molar refractivity (Wildman–Crippen MR) is 106 cm³/mol. The summed E-state index contributed by atoms with van der Waals surface area (Å²) in [6.45, 7) is 4.17. The Kier molecular flexibility index (Phi) is 4.13. The fourth-order valence-corrected chi connectivity index (χ4v) is 3.50. The van der Waals surface area contributed by atoms with Crippen LogP contribution in [0.25, 0.3) is 22.3 Å². The maximum absolute atomic E-state index is 8.97. The van der Waals surface area contributed by atoms with Crippen LogP contribution in [0.1, 0.15) is 24.1 Å². The van der Waals surface area contributed by atoms with Crippen molar-refractivity contribution in [3.8, 4) is 11.4 Å². The van der Waals surface area contributed by atoms with E-state index in [0.29, 0.717) is 5.49 Å². The molecule has 3 aromatic carbocycles. The number of rotatable bonds is 3. The van der Waals surface area contributed by atoms with Crippen molar-refractivity contribution >= 4 is 10.9 Å². The molecule has 0 saturated heterocycles. The zero-order chi connectivity index (χ0) is 18.1. The highest BCUT2D eigenvalue weighted by molar-refractivity contribution is 5.82. The highest BCUT2D eigenvalue weighted by atomic mass is 15.1. The van der Waals surface area contributed by atoms with Crippen molar-refractivity contribution in [2.24, 2.45) is 0 Å². The van der Waals surface area contributed by atoms with Crippen LogP contribution in [-0.4, -0.2) is 9.55 Å². The van der Waals surface area contributed by atoms with E-state index in [2.05, 4.69) is 31.2 Å². The van der Waals surface area contributed by atoms with Gasteiger partial charge in [0.25, 0.3) is 0 Å². The molecule has 0 radical (unpaired) electrons. The third-order valence-corrected chi connectivity index (χ3v) is 4.88. The summed E-state index contributed by atoms with van der Waals surface area (Å²) < 4.78 is 2.04. The van der Waals surface area contributed by atoms with Gasteiger partial charge in [0.15, 0.2) is 0 Å². The van der Waals surface area contributed by atoms with Crippen LogP contribution in [0, 0.1) is 12.3 Å². The monoisotopic (exact) mass is 339 g/mol. The highest BCUT2D eigenvalue weighted by Gasteiger charge is 2.17. The third kappa shape index (κ3) is 2.72. The van der Waals surface area contributed by atoms with Gasteiger partial charge in [-0.2, -0.15) is 0 Å². The summed E-state index contributed by atoms with van der Waals surface area (Å²) in [5, 5.41) is 9.89. The largest absolute Gasteiger partial charge is 0.303 e. The summed E-state index contributed by atoms with van der Waals surface area (Å²) in [4.78, 5) is 4.96. The van der Waals surface area contributed by atoms with E-state index in [4.69, 9.17) is 10.4 Å². The Bertz CT molecular complexity index is 1110. The zero-order valence-corrected chi connectivity index (χ0v) is 15.0. The van der Waals surface area contributed by atoms with Crippen LogP contribution in [0.2, 0.25) is 0 Å². The fourth-order valence-electron chi connectivity index (χ4n) is 3.50. The molecule has 1 heterocycles. The van der Waals surface area contributed by atoms with E-state index in [0.717, 1.165) is 33.4 Å². The second kappa shape index (κ2) is 6.60. The molecule has 0 aliphatic carbocycles. The quantitative estimate of drug-likeness (QED) is 0.554. The van der Waals surface area contributed by atoms with Gasteiger partial charge in [0.2, 0.25) is 0 Å². The Labute approximate surface area is 153 Å². The van der Waals surface area contributed by atoms with E-state index in [1.54, 1.807) is 0 Å². The number of hydrogen-bond acceptors (Lipinski definition) is 2. The molecule has 1 N–H and O–H groups in total. The lowest BCUT2D eigenvalue weighted by atomic mass is 10.1. The molecule has 0 fully saturated rings. The van der Waals surface area contributed by atoms with Gasteiger partial charge in [-0.05, 0) is 31.0 Å². The first-order chi connectivity index (χ1) is 12.7. The molecular weight excluding hydrogens is 318 g/mol. The lowest BCUT2D eigenvalue weighted by molar-refractivity contribution is 0.603. The molecule has 128 valence electrons. The van der Waals surface area contributed by atoms with Crippen LogP contribution in [0.4, 0.5) is 0 Å². The van der Waals surface area contributed by atoms with Crippen LogP contribution >= 0.6 is 0 Å². The number of nitrogens with zero attached hydrogens (tertiary/aromatic N) is 2. The molecule has 0 aliphatic rings.